The van der Waals surface area contributed by atoms with Crippen molar-refractivity contribution >= 4 is 12.1 Å². The highest BCUT2D eigenvalue weighted by Crippen LogP contribution is 2.12. The minimum atomic E-state index is -0.300. The Labute approximate surface area is 110 Å². The number of ether oxygens (including phenoxy) is 1. The molecule has 0 saturated carbocycles. The molecule has 2 rings (SSSR count). The largest absolute Gasteiger partial charge is 0.497 e. The molecular formula is C14H13N3O2. The van der Waals surface area contributed by atoms with Gasteiger partial charge >= 0.3 is 0 Å². The number of pyridine rings is 1. The molecule has 0 saturated heterocycles. The number of carbonyl (C=O) groups excluding carboxylic acids is 1. The van der Waals surface area contributed by atoms with Crippen LogP contribution in [0.15, 0.2) is 53.8 Å². The number of hydrogen-bond donors (Lipinski definition) is 1. The van der Waals surface area contributed by atoms with E-state index in [0.29, 0.717) is 17.0 Å². The first-order chi connectivity index (χ1) is 9.29. The van der Waals surface area contributed by atoms with Crippen LogP contribution in [0.25, 0.3) is 0 Å². The first kappa shape index (κ1) is 12.8. The van der Waals surface area contributed by atoms with E-state index >= 15 is 0 Å². The van der Waals surface area contributed by atoms with Crippen LogP contribution in [0.2, 0.25) is 0 Å². The quantitative estimate of drug-likeness (QED) is 0.670. The number of amides is 1. The van der Waals surface area contributed by atoms with Gasteiger partial charge in [-0.05, 0) is 30.3 Å². The first-order valence-corrected chi connectivity index (χ1v) is 5.68. The minimum Gasteiger partial charge on any atom is -0.497 e. The molecule has 2 aromatic rings. The second-order valence-electron chi connectivity index (χ2n) is 3.69. The van der Waals surface area contributed by atoms with Crippen LogP contribution in [0.4, 0.5) is 0 Å². The molecule has 0 radical (unpaired) electrons. The molecule has 0 bridgehead atoms. The van der Waals surface area contributed by atoms with Crippen molar-refractivity contribution in [1.29, 1.82) is 0 Å². The number of hydrazone groups is 1. The van der Waals surface area contributed by atoms with E-state index in [1.54, 1.807) is 43.6 Å². The monoisotopic (exact) mass is 255 g/mol. The van der Waals surface area contributed by atoms with Gasteiger partial charge in [-0.2, -0.15) is 5.10 Å². The summed E-state index contributed by atoms with van der Waals surface area (Å²) >= 11 is 0. The smallest absolute Gasteiger partial charge is 0.271 e. The normalized spacial score (nSPS) is 10.4. The second kappa shape index (κ2) is 6.30. The standard InChI is InChI=1S/C14H13N3O2/c1-19-13-7-4-5-11(9-13)14(18)17-16-10-12-6-2-3-8-15-12/h2-10H,1H3,(H,17,18). The fraction of sp³-hybridized carbons (Fsp3) is 0.0714. The molecule has 0 atom stereocenters. The van der Waals surface area contributed by atoms with E-state index in [2.05, 4.69) is 15.5 Å². The number of aromatic nitrogens is 1. The SMILES string of the molecule is COc1cccc(C(=O)NN=Cc2ccccn2)c1. The van der Waals surface area contributed by atoms with E-state index in [-0.39, 0.29) is 5.91 Å². The van der Waals surface area contributed by atoms with Gasteiger partial charge in [0.2, 0.25) is 0 Å². The zero-order valence-corrected chi connectivity index (χ0v) is 10.4. The van der Waals surface area contributed by atoms with Crippen molar-refractivity contribution in [3.05, 3.63) is 59.9 Å². The van der Waals surface area contributed by atoms with Crippen molar-refractivity contribution in [2.24, 2.45) is 5.10 Å². The fourth-order valence-electron chi connectivity index (χ4n) is 1.44. The van der Waals surface area contributed by atoms with Crippen LogP contribution in [0.5, 0.6) is 5.75 Å². The van der Waals surface area contributed by atoms with E-state index in [0.717, 1.165) is 0 Å². The molecule has 5 nitrogen and oxygen atoms in total. The van der Waals surface area contributed by atoms with Crippen molar-refractivity contribution in [3.63, 3.8) is 0 Å². The van der Waals surface area contributed by atoms with Gasteiger partial charge in [0.1, 0.15) is 5.75 Å². The molecule has 1 amide bonds. The van der Waals surface area contributed by atoms with Crippen molar-refractivity contribution in [2.45, 2.75) is 0 Å². The molecule has 0 aliphatic heterocycles. The van der Waals surface area contributed by atoms with Crippen LogP contribution in [0.1, 0.15) is 16.1 Å². The molecule has 1 heterocycles. The van der Waals surface area contributed by atoms with Gasteiger partial charge in [0.25, 0.3) is 5.91 Å². The van der Waals surface area contributed by atoms with Crippen LogP contribution < -0.4 is 10.2 Å². The molecule has 5 heteroatoms. The third-order valence-corrected chi connectivity index (χ3v) is 2.38. The first-order valence-electron chi connectivity index (χ1n) is 5.68. The lowest BCUT2D eigenvalue weighted by molar-refractivity contribution is 0.0955. The van der Waals surface area contributed by atoms with Crippen LogP contribution in [-0.4, -0.2) is 24.2 Å². The van der Waals surface area contributed by atoms with E-state index in [1.165, 1.54) is 6.21 Å². The number of carbonyl (C=O) groups is 1. The Morgan fingerprint density at radius 1 is 1.32 bits per heavy atom. The van der Waals surface area contributed by atoms with Crippen molar-refractivity contribution in [3.8, 4) is 5.75 Å². The lowest BCUT2D eigenvalue weighted by atomic mass is 10.2. The molecule has 0 fully saturated rings. The topological polar surface area (TPSA) is 63.6 Å². The van der Waals surface area contributed by atoms with Gasteiger partial charge in [-0.15, -0.1) is 0 Å². The summed E-state index contributed by atoms with van der Waals surface area (Å²) in [4.78, 5) is 15.9. The van der Waals surface area contributed by atoms with Gasteiger partial charge in [-0.25, -0.2) is 5.43 Å². The van der Waals surface area contributed by atoms with Crippen LogP contribution >= 0.6 is 0 Å². The number of nitrogens with zero attached hydrogens (tertiary/aromatic N) is 2. The van der Waals surface area contributed by atoms with Gasteiger partial charge in [-0.1, -0.05) is 12.1 Å². The molecule has 0 spiro atoms. The summed E-state index contributed by atoms with van der Waals surface area (Å²) in [5.74, 6) is 0.326. The van der Waals surface area contributed by atoms with E-state index in [4.69, 9.17) is 4.74 Å². The number of nitrogens with one attached hydrogen (secondary N) is 1. The molecule has 96 valence electrons. The predicted octanol–water partition coefficient (Wildman–Crippen LogP) is 1.85. The summed E-state index contributed by atoms with van der Waals surface area (Å²) in [6, 6.07) is 12.3. The summed E-state index contributed by atoms with van der Waals surface area (Å²) in [6.45, 7) is 0. The average molecular weight is 255 g/mol. The Morgan fingerprint density at radius 2 is 2.21 bits per heavy atom. The van der Waals surface area contributed by atoms with Crippen LogP contribution in [-0.2, 0) is 0 Å². The predicted molar refractivity (Wildman–Crippen MR) is 72.3 cm³/mol. The lowest BCUT2D eigenvalue weighted by Gasteiger charge is -2.02. The summed E-state index contributed by atoms with van der Waals surface area (Å²) in [6.07, 6.45) is 3.14. The third-order valence-electron chi connectivity index (χ3n) is 2.38. The molecule has 1 N–H and O–H groups in total. The van der Waals surface area contributed by atoms with Crippen LogP contribution in [0.3, 0.4) is 0 Å². The number of methoxy groups -OCH3 is 1. The molecule has 0 unspecified atom stereocenters. The molecule has 19 heavy (non-hydrogen) atoms. The zero-order valence-electron chi connectivity index (χ0n) is 10.4. The highest BCUT2D eigenvalue weighted by atomic mass is 16.5. The Balaban J connectivity index is 1.99. The maximum absolute atomic E-state index is 11.8. The number of hydrogen-bond acceptors (Lipinski definition) is 4. The van der Waals surface area contributed by atoms with Crippen molar-refractivity contribution in [1.82, 2.24) is 10.4 Å². The van der Waals surface area contributed by atoms with E-state index in [9.17, 15) is 4.79 Å². The second-order valence-corrected chi connectivity index (χ2v) is 3.69. The maximum atomic E-state index is 11.8. The number of rotatable bonds is 4. The number of benzene rings is 1. The summed E-state index contributed by atoms with van der Waals surface area (Å²) < 4.78 is 5.05. The Bertz CT molecular complexity index is 582. The molecular weight excluding hydrogens is 242 g/mol. The van der Waals surface area contributed by atoms with Gasteiger partial charge in [0.15, 0.2) is 0 Å². The zero-order chi connectivity index (χ0) is 13.5. The summed E-state index contributed by atoms with van der Waals surface area (Å²) in [7, 11) is 1.55. The Morgan fingerprint density at radius 3 is 2.95 bits per heavy atom. The molecule has 1 aromatic heterocycles. The van der Waals surface area contributed by atoms with E-state index < -0.39 is 0 Å². The Kier molecular flexibility index (Phi) is 4.23. The highest BCUT2D eigenvalue weighted by molar-refractivity contribution is 5.95. The molecule has 0 aliphatic rings. The average Bonchev–Trinajstić information content (AvgIpc) is 2.48. The lowest BCUT2D eigenvalue weighted by Crippen LogP contribution is -2.17. The van der Waals surface area contributed by atoms with Gasteiger partial charge < -0.3 is 4.74 Å². The van der Waals surface area contributed by atoms with Crippen molar-refractivity contribution in [2.75, 3.05) is 7.11 Å². The van der Waals surface area contributed by atoms with Gasteiger partial charge in [0, 0.05) is 11.8 Å². The molecule has 1 aromatic carbocycles. The maximum Gasteiger partial charge on any atom is 0.271 e. The third kappa shape index (κ3) is 3.64. The van der Waals surface area contributed by atoms with Gasteiger partial charge in [0.05, 0.1) is 19.0 Å². The summed E-state index contributed by atoms with van der Waals surface area (Å²) in [5.41, 5.74) is 3.59. The summed E-state index contributed by atoms with van der Waals surface area (Å²) in [5, 5.41) is 3.85. The van der Waals surface area contributed by atoms with Crippen molar-refractivity contribution < 1.29 is 9.53 Å². The Hall–Kier alpha value is -2.69. The van der Waals surface area contributed by atoms with Gasteiger partial charge in [-0.3, -0.25) is 9.78 Å². The fourth-order valence-corrected chi connectivity index (χ4v) is 1.44. The highest BCUT2D eigenvalue weighted by Gasteiger charge is 2.04. The van der Waals surface area contributed by atoms with Crippen LogP contribution in [0, 0.1) is 0 Å². The molecule has 0 aliphatic carbocycles. The minimum absolute atomic E-state index is 0.300. The van der Waals surface area contributed by atoms with E-state index in [1.807, 2.05) is 12.1 Å².